The first-order valence-electron chi connectivity index (χ1n) is 22.0. The second kappa shape index (κ2) is 15.8. The van der Waals surface area contributed by atoms with Gasteiger partial charge < -0.3 is 9.47 Å². The van der Waals surface area contributed by atoms with Gasteiger partial charge in [0.15, 0.2) is 0 Å². The smallest absolute Gasteiger partial charge is 0.0547 e. The van der Waals surface area contributed by atoms with E-state index in [0.29, 0.717) is 0 Å². The third-order valence-corrected chi connectivity index (χ3v) is 12.8. The molecule has 0 N–H and O–H groups in total. The third-order valence-electron chi connectivity index (χ3n) is 12.8. The van der Waals surface area contributed by atoms with E-state index in [0.717, 1.165) is 22.6 Å². The Labute approximate surface area is 373 Å². The molecule has 0 atom stereocenters. The number of fused-ring (bicyclic) bond motifs is 6. The van der Waals surface area contributed by atoms with Crippen molar-refractivity contribution in [1.29, 1.82) is 0 Å². The van der Waals surface area contributed by atoms with Gasteiger partial charge in [0.25, 0.3) is 0 Å². The van der Waals surface area contributed by atoms with Crippen molar-refractivity contribution in [3.63, 3.8) is 0 Å². The Balaban J connectivity index is 0.972. The molecule has 0 spiro atoms. The van der Waals surface area contributed by atoms with Gasteiger partial charge in [-0.05, 0) is 121 Å². The van der Waals surface area contributed by atoms with Crippen LogP contribution in [0.1, 0.15) is 0 Å². The van der Waals surface area contributed by atoms with E-state index in [2.05, 4.69) is 264 Å². The predicted molar refractivity (Wildman–Crippen MR) is 272 cm³/mol. The highest BCUT2D eigenvalue weighted by Gasteiger charge is 2.19. The molecule has 0 aliphatic carbocycles. The summed E-state index contributed by atoms with van der Waals surface area (Å²) in [4.78, 5) is 2.36. The third kappa shape index (κ3) is 6.52. The predicted octanol–water partition coefficient (Wildman–Crippen LogP) is 17.2. The van der Waals surface area contributed by atoms with Crippen molar-refractivity contribution in [1.82, 2.24) is 4.57 Å². The van der Waals surface area contributed by atoms with E-state index in [1.54, 1.807) is 0 Å². The molecule has 2 heteroatoms. The summed E-state index contributed by atoms with van der Waals surface area (Å²) in [6.07, 6.45) is 0. The Kier molecular flexibility index (Phi) is 9.20. The van der Waals surface area contributed by atoms with Gasteiger partial charge in [0.1, 0.15) is 0 Å². The summed E-state index contributed by atoms with van der Waals surface area (Å²) in [6.45, 7) is 0. The van der Waals surface area contributed by atoms with Gasteiger partial charge >= 0.3 is 0 Å². The van der Waals surface area contributed by atoms with Crippen LogP contribution in [0.15, 0.2) is 255 Å². The average Bonchev–Trinajstić information content (AvgIpc) is 3.72. The minimum Gasteiger partial charge on any atom is -0.310 e. The molecule has 11 aromatic carbocycles. The maximum absolute atomic E-state index is 2.48. The van der Waals surface area contributed by atoms with Crippen LogP contribution in [0.4, 0.5) is 17.1 Å². The summed E-state index contributed by atoms with van der Waals surface area (Å²) in [5.41, 5.74) is 16.4. The van der Waals surface area contributed by atoms with Crippen LogP contribution >= 0.6 is 0 Å². The molecule has 0 bridgehead atoms. The average molecular weight is 815 g/mol. The van der Waals surface area contributed by atoms with Crippen molar-refractivity contribution in [3.8, 4) is 50.2 Å². The minimum absolute atomic E-state index is 1.09. The van der Waals surface area contributed by atoms with Crippen LogP contribution in [0, 0.1) is 0 Å². The quantitative estimate of drug-likeness (QED) is 0.139. The molecule has 300 valence electrons. The monoisotopic (exact) mass is 814 g/mol. The highest BCUT2D eigenvalue weighted by Crippen LogP contribution is 2.43. The first kappa shape index (κ1) is 37.3. The molecule has 12 rings (SSSR count). The lowest BCUT2D eigenvalue weighted by molar-refractivity contribution is 1.20. The van der Waals surface area contributed by atoms with E-state index >= 15 is 0 Å². The number of nitrogens with zero attached hydrogens (tertiary/aromatic N) is 2. The first-order valence-corrected chi connectivity index (χ1v) is 22.0. The van der Waals surface area contributed by atoms with Crippen LogP contribution < -0.4 is 4.90 Å². The first-order chi connectivity index (χ1) is 31.7. The molecule has 2 nitrogen and oxygen atoms in total. The highest BCUT2D eigenvalue weighted by molar-refractivity contribution is 6.18. The standard InChI is InChI=1S/C62H42N2/c1-3-16-43(17-4-1)45-32-36-51(37-33-45)63(52-38-34-46(35-39-52)44-18-5-2-6-19-44)53-24-14-22-48(41-53)47-21-13-23-49(40-47)55-29-15-31-60-62(55)58-28-11-12-30-59(58)64(60)61-42-50-20-7-8-25-54(50)56-26-9-10-27-57(56)61/h1-42H. The Hall–Kier alpha value is -8.46. The van der Waals surface area contributed by atoms with E-state index in [4.69, 9.17) is 0 Å². The van der Waals surface area contributed by atoms with Crippen LogP contribution in [0.5, 0.6) is 0 Å². The van der Waals surface area contributed by atoms with Crippen LogP contribution in [0.2, 0.25) is 0 Å². The maximum atomic E-state index is 2.48. The van der Waals surface area contributed by atoms with E-state index < -0.39 is 0 Å². The van der Waals surface area contributed by atoms with Gasteiger partial charge in [0.05, 0.1) is 16.7 Å². The summed E-state index contributed by atoms with van der Waals surface area (Å²) in [5, 5.41) is 7.51. The minimum atomic E-state index is 1.09. The molecule has 0 saturated heterocycles. The van der Waals surface area contributed by atoms with Gasteiger partial charge in [-0.25, -0.2) is 0 Å². The lowest BCUT2D eigenvalue weighted by atomic mass is 9.95. The van der Waals surface area contributed by atoms with Crippen molar-refractivity contribution in [2.75, 3.05) is 4.90 Å². The fraction of sp³-hybridized carbons (Fsp3) is 0. The number of benzene rings is 11. The van der Waals surface area contributed by atoms with Crippen LogP contribution in [-0.4, -0.2) is 4.57 Å². The molecular formula is C62H42N2. The summed E-state index contributed by atoms with van der Waals surface area (Å²) < 4.78 is 2.48. The van der Waals surface area contributed by atoms with Crippen molar-refractivity contribution >= 4 is 60.4 Å². The fourth-order valence-electron chi connectivity index (χ4n) is 9.74. The second-order valence-electron chi connectivity index (χ2n) is 16.5. The zero-order chi connectivity index (χ0) is 42.4. The van der Waals surface area contributed by atoms with Crippen molar-refractivity contribution in [2.45, 2.75) is 0 Å². The topological polar surface area (TPSA) is 8.17 Å². The van der Waals surface area contributed by atoms with Gasteiger partial charge in [-0.15, -0.1) is 0 Å². The number of rotatable bonds is 8. The van der Waals surface area contributed by atoms with Gasteiger partial charge in [0.2, 0.25) is 0 Å². The number of hydrogen-bond donors (Lipinski definition) is 0. The number of para-hydroxylation sites is 1. The number of aromatic nitrogens is 1. The normalized spacial score (nSPS) is 11.4. The Morgan fingerprint density at radius 2 is 0.750 bits per heavy atom. The second-order valence-corrected chi connectivity index (χ2v) is 16.5. The zero-order valence-corrected chi connectivity index (χ0v) is 35.1. The largest absolute Gasteiger partial charge is 0.310 e. The number of hydrogen-bond acceptors (Lipinski definition) is 1. The lowest BCUT2D eigenvalue weighted by Gasteiger charge is -2.26. The molecule has 1 heterocycles. The van der Waals surface area contributed by atoms with Crippen molar-refractivity contribution in [2.24, 2.45) is 0 Å². The summed E-state index contributed by atoms with van der Waals surface area (Å²) in [7, 11) is 0. The van der Waals surface area contributed by atoms with E-state index in [1.165, 1.54) is 88.0 Å². The summed E-state index contributed by atoms with van der Waals surface area (Å²) in [5.74, 6) is 0. The molecule has 0 aliphatic rings. The molecule has 0 aliphatic heterocycles. The van der Waals surface area contributed by atoms with Crippen LogP contribution in [0.25, 0.3) is 93.5 Å². The Morgan fingerprint density at radius 3 is 1.44 bits per heavy atom. The van der Waals surface area contributed by atoms with Gasteiger partial charge in [-0.2, -0.15) is 0 Å². The molecule has 0 amide bonds. The SMILES string of the molecule is c1ccc(-c2ccc(N(c3ccc(-c4ccccc4)cc3)c3cccc(-c4cccc(-c5cccc6c5c5ccccc5n6-c5cc6ccccc6c6ccccc56)c4)c3)cc2)cc1. The van der Waals surface area contributed by atoms with Crippen molar-refractivity contribution in [3.05, 3.63) is 255 Å². The lowest BCUT2D eigenvalue weighted by Crippen LogP contribution is -2.10. The fourth-order valence-corrected chi connectivity index (χ4v) is 9.74. The Morgan fingerprint density at radius 1 is 0.266 bits per heavy atom. The molecular weight excluding hydrogens is 773 g/mol. The van der Waals surface area contributed by atoms with Crippen LogP contribution in [-0.2, 0) is 0 Å². The van der Waals surface area contributed by atoms with E-state index in [1.807, 2.05) is 0 Å². The summed E-state index contributed by atoms with van der Waals surface area (Å²) in [6, 6.07) is 92.6. The van der Waals surface area contributed by atoms with Gasteiger partial charge in [-0.1, -0.05) is 194 Å². The molecule has 64 heavy (non-hydrogen) atoms. The van der Waals surface area contributed by atoms with Crippen LogP contribution in [0.3, 0.4) is 0 Å². The molecule has 0 fully saturated rings. The van der Waals surface area contributed by atoms with Gasteiger partial charge in [-0.3, -0.25) is 0 Å². The Bertz CT molecular complexity index is 3560. The maximum Gasteiger partial charge on any atom is 0.0547 e. The van der Waals surface area contributed by atoms with Crippen molar-refractivity contribution < 1.29 is 0 Å². The molecule has 0 radical (unpaired) electrons. The summed E-state index contributed by atoms with van der Waals surface area (Å²) >= 11 is 0. The van der Waals surface area contributed by atoms with E-state index in [-0.39, 0.29) is 0 Å². The molecule has 1 aromatic heterocycles. The number of anilines is 3. The van der Waals surface area contributed by atoms with E-state index in [9.17, 15) is 0 Å². The molecule has 0 saturated carbocycles. The zero-order valence-electron chi connectivity index (χ0n) is 35.1. The highest BCUT2D eigenvalue weighted by atomic mass is 15.1. The molecule has 12 aromatic rings. The van der Waals surface area contributed by atoms with Gasteiger partial charge in [0, 0.05) is 33.2 Å². The molecule has 0 unspecified atom stereocenters.